The van der Waals surface area contributed by atoms with Gasteiger partial charge < -0.3 is 0 Å². The van der Waals surface area contributed by atoms with E-state index in [0.29, 0.717) is 5.02 Å². The second-order valence-corrected chi connectivity index (χ2v) is 9.91. The van der Waals surface area contributed by atoms with E-state index in [1.165, 1.54) is 64.2 Å². The van der Waals surface area contributed by atoms with Gasteiger partial charge in [0.1, 0.15) is 6.54 Å². The van der Waals surface area contributed by atoms with E-state index in [4.69, 9.17) is 29.6 Å². The topological polar surface area (TPSA) is 0 Å². The van der Waals surface area contributed by atoms with E-state index in [1.54, 1.807) is 0 Å². The zero-order chi connectivity index (χ0) is 20.8. The zero-order valence-electron chi connectivity index (χ0n) is 17.7. The Morgan fingerprint density at radius 3 is 1.93 bits per heavy atom. The predicted molar refractivity (Wildman–Crippen MR) is 134 cm³/mol. The average molecular weight is 537 g/mol. The highest BCUT2D eigenvalue weighted by atomic mass is 127. The van der Waals surface area contributed by atoms with Gasteiger partial charge in [-0.2, -0.15) is 0 Å². The van der Waals surface area contributed by atoms with Crippen molar-refractivity contribution in [3.05, 3.63) is 33.8 Å². The molecule has 0 amide bonds. The fourth-order valence-electron chi connectivity index (χ4n) is 3.78. The molecule has 0 N–H and O–H groups in total. The summed E-state index contributed by atoms with van der Waals surface area (Å²) in [4.78, 5) is 0. The molecular weight excluding hydrogens is 500 g/mol. The Morgan fingerprint density at radius 2 is 1.46 bits per heavy atom. The van der Waals surface area contributed by atoms with Crippen LogP contribution >= 0.6 is 45.8 Å². The smallest absolute Gasteiger partial charge is 0.200 e. The summed E-state index contributed by atoms with van der Waals surface area (Å²) in [5.74, 6) is 3.05. The summed E-state index contributed by atoms with van der Waals surface area (Å²) in [6, 6.07) is 5.87. The first-order valence-corrected chi connectivity index (χ1v) is 12.9. The fraction of sp³-hybridized carbons (Fsp3) is 0.667. The molecule has 0 fully saturated rings. The zero-order valence-corrected chi connectivity index (χ0v) is 21.3. The minimum Gasteiger partial charge on any atom is -0.299 e. The number of terminal acetylenes is 1. The molecule has 1 nitrogen and oxygen atoms in total. The van der Waals surface area contributed by atoms with Gasteiger partial charge in [-0.05, 0) is 43.7 Å². The van der Waals surface area contributed by atoms with Gasteiger partial charge in [0.25, 0.3) is 0 Å². The van der Waals surface area contributed by atoms with Crippen LogP contribution in [0.5, 0.6) is 0 Å². The maximum atomic E-state index is 6.54. The molecule has 0 saturated carbocycles. The highest BCUT2D eigenvalue weighted by Crippen LogP contribution is 2.30. The number of halogens is 3. The molecule has 0 heterocycles. The molecule has 0 aliphatic carbocycles. The van der Waals surface area contributed by atoms with E-state index in [0.717, 1.165) is 34.7 Å². The van der Waals surface area contributed by atoms with Gasteiger partial charge in [0, 0.05) is 33.2 Å². The van der Waals surface area contributed by atoms with E-state index in [-0.39, 0.29) is 4.05 Å². The van der Waals surface area contributed by atoms with Gasteiger partial charge in [-0.15, -0.1) is 6.42 Å². The van der Waals surface area contributed by atoms with Crippen LogP contribution in [0.25, 0.3) is 0 Å². The van der Waals surface area contributed by atoms with Crippen molar-refractivity contribution in [1.29, 1.82) is 0 Å². The molecule has 158 valence electrons. The quantitative estimate of drug-likeness (QED) is 0.0525. The predicted octanol–water partition coefficient (Wildman–Crippen LogP) is 8.65. The van der Waals surface area contributed by atoms with Crippen molar-refractivity contribution in [2.45, 2.75) is 88.6 Å². The summed E-state index contributed by atoms with van der Waals surface area (Å²) in [6.45, 7) is 7.65. The van der Waals surface area contributed by atoms with E-state index in [9.17, 15) is 0 Å². The fourth-order valence-corrected chi connectivity index (χ4v) is 5.01. The Balaban J connectivity index is 2.95. The molecule has 1 unspecified atom stereocenters. The highest BCUT2D eigenvalue weighted by molar-refractivity contribution is 14.1. The lowest BCUT2D eigenvalue weighted by Gasteiger charge is -2.41. The van der Waals surface area contributed by atoms with Crippen molar-refractivity contribution >= 4 is 45.8 Å². The van der Waals surface area contributed by atoms with Crippen LogP contribution in [0, 0.1) is 12.3 Å². The van der Waals surface area contributed by atoms with E-state index in [2.05, 4.69) is 48.4 Å². The second-order valence-electron chi connectivity index (χ2n) is 7.89. The average Bonchev–Trinajstić information content (AvgIpc) is 2.68. The molecular formula is C24H37Cl2IN+. The molecule has 1 aromatic rings. The van der Waals surface area contributed by atoms with E-state index in [1.807, 2.05) is 12.1 Å². The number of benzene rings is 1. The maximum Gasteiger partial charge on any atom is 0.200 e. The lowest BCUT2D eigenvalue weighted by molar-refractivity contribution is -0.940. The number of nitrogens with zero attached hydrogens (tertiary/aromatic N) is 1. The second kappa shape index (κ2) is 14.9. The van der Waals surface area contributed by atoms with Crippen LogP contribution in [0.4, 0.5) is 0 Å². The Hall–Kier alpha value is 0.0500. The van der Waals surface area contributed by atoms with Crippen LogP contribution in [0.15, 0.2) is 18.2 Å². The largest absolute Gasteiger partial charge is 0.299 e. The minimum absolute atomic E-state index is 0.154. The molecule has 0 aromatic heterocycles. The SMILES string of the molecule is C#CC(I)[N+](CCCCCCC)(CCCCCCC)Cc1ccc(Cl)cc1Cl. The molecule has 1 aromatic carbocycles. The molecule has 1 atom stereocenters. The first-order chi connectivity index (χ1) is 13.5. The minimum atomic E-state index is 0.154. The number of hydrogen-bond donors (Lipinski definition) is 0. The molecule has 28 heavy (non-hydrogen) atoms. The van der Waals surface area contributed by atoms with Crippen LogP contribution in [-0.4, -0.2) is 21.6 Å². The Morgan fingerprint density at radius 1 is 0.929 bits per heavy atom. The number of alkyl halides is 1. The van der Waals surface area contributed by atoms with Gasteiger partial charge in [0.15, 0.2) is 0 Å². The Kier molecular flexibility index (Phi) is 13.9. The lowest BCUT2D eigenvalue weighted by atomic mass is 10.1. The summed E-state index contributed by atoms with van der Waals surface area (Å²) >= 11 is 15.1. The van der Waals surface area contributed by atoms with Crippen molar-refractivity contribution in [2.75, 3.05) is 13.1 Å². The van der Waals surface area contributed by atoms with Crippen molar-refractivity contribution in [3.63, 3.8) is 0 Å². The lowest BCUT2D eigenvalue weighted by Crippen LogP contribution is -2.53. The van der Waals surface area contributed by atoms with Gasteiger partial charge in [0.2, 0.25) is 4.05 Å². The highest BCUT2D eigenvalue weighted by Gasteiger charge is 2.34. The van der Waals surface area contributed by atoms with Crippen molar-refractivity contribution in [1.82, 2.24) is 0 Å². The Bertz CT molecular complexity index is 583. The van der Waals surface area contributed by atoms with Crippen molar-refractivity contribution < 1.29 is 4.48 Å². The molecule has 0 aliphatic rings. The maximum absolute atomic E-state index is 6.54. The summed E-state index contributed by atoms with van der Waals surface area (Å²) in [7, 11) is 0. The molecule has 0 spiro atoms. The number of unbranched alkanes of at least 4 members (excludes halogenated alkanes) is 8. The molecule has 4 heteroatoms. The standard InChI is InChI=1S/C24H37Cl2IN/c1-4-7-9-11-13-17-28(24(27)6-3,18-14-12-10-8-5-2)20-21-15-16-22(25)19-23(21)26/h3,15-16,19,24H,4-5,7-14,17-18,20H2,1-2H3/q+1. The molecule has 0 bridgehead atoms. The van der Waals surface area contributed by atoms with Gasteiger partial charge in [-0.3, -0.25) is 4.48 Å². The molecule has 1 rings (SSSR count). The van der Waals surface area contributed by atoms with Gasteiger partial charge in [-0.25, -0.2) is 0 Å². The first kappa shape index (κ1) is 26.1. The monoisotopic (exact) mass is 536 g/mol. The normalized spacial score (nSPS) is 12.7. The van der Waals surface area contributed by atoms with Crippen LogP contribution in [0.2, 0.25) is 10.0 Å². The Labute approximate surface area is 197 Å². The molecule has 0 radical (unpaired) electrons. The van der Waals surface area contributed by atoms with Crippen LogP contribution < -0.4 is 0 Å². The van der Waals surface area contributed by atoms with Crippen molar-refractivity contribution in [2.24, 2.45) is 0 Å². The van der Waals surface area contributed by atoms with Crippen LogP contribution in [0.3, 0.4) is 0 Å². The van der Waals surface area contributed by atoms with E-state index < -0.39 is 0 Å². The third-order valence-corrected chi connectivity index (χ3v) is 7.66. The van der Waals surface area contributed by atoms with Crippen molar-refractivity contribution in [3.8, 4) is 12.3 Å². The van der Waals surface area contributed by atoms with Gasteiger partial charge in [0.05, 0.1) is 18.1 Å². The third-order valence-electron chi connectivity index (χ3n) is 5.53. The number of rotatable bonds is 15. The first-order valence-electron chi connectivity index (χ1n) is 10.9. The third kappa shape index (κ3) is 9.24. The number of hydrogen-bond acceptors (Lipinski definition) is 0. The summed E-state index contributed by atoms with van der Waals surface area (Å²) < 4.78 is 1.08. The van der Waals surface area contributed by atoms with Gasteiger partial charge in [-0.1, -0.05) is 81.6 Å². The summed E-state index contributed by atoms with van der Waals surface area (Å²) in [5.41, 5.74) is 1.16. The van der Waals surface area contributed by atoms with Crippen LogP contribution in [-0.2, 0) is 6.54 Å². The molecule has 0 saturated heterocycles. The van der Waals surface area contributed by atoms with E-state index >= 15 is 0 Å². The summed E-state index contributed by atoms with van der Waals surface area (Å²) in [5, 5.41) is 1.45. The van der Waals surface area contributed by atoms with Gasteiger partial charge >= 0.3 is 0 Å². The molecule has 0 aliphatic heterocycles. The summed E-state index contributed by atoms with van der Waals surface area (Å²) in [6.07, 6.45) is 18.8. The van der Waals surface area contributed by atoms with Crippen LogP contribution in [0.1, 0.15) is 83.6 Å². The number of quaternary nitrogens is 1.